The molecule has 0 rings (SSSR count). The molecule has 0 saturated carbocycles. The first-order valence-electron chi connectivity index (χ1n) is 9.49. The summed E-state index contributed by atoms with van der Waals surface area (Å²) in [5.41, 5.74) is 0. The number of carboxylic acid groups (broad SMARTS) is 2. The summed E-state index contributed by atoms with van der Waals surface area (Å²) in [5.74, 6) is -6.55. The Bertz CT molecular complexity index is 546. The molecule has 0 aliphatic rings. The summed E-state index contributed by atoms with van der Waals surface area (Å²) < 4.78 is 32.2. The Morgan fingerprint density at radius 1 is 0.846 bits per heavy atom. The lowest BCUT2D eigenvalue weighted by molar-refractivity contribution is -0.157. The van der Waals surface area contributed by atoms with Gasteiger partial charge in [-0.2, -0.15) is 8.42 Å². The molecule has 154 valence electrons. The van der Waals surface area contributed by atoms with Gasteiger partial charge in [-0.25, -0.2) is 0 Å². The van der Waals surface area contributed by atoms with E-state index >= 15 is 0 Å². The second kappa shape index (κ2) is 10.9. The summed E-state index contributed by atoms with van der Waals surface area (Å²) in [6, 6.07) is 0. The van der Waals surface area contributed by atoms with Crippen LogP contribution in [0.2, 0.25) is 0 Å². The van der Waals surface area contributed by atoms with E-state index in [2.05, 4.69) is 0 Å². The third-order valence-electron chi connectivity index (χ3n) is 5.16. The van der Waals surface area contributed by atoms with Gasteiger partial charge < -0.3 is 10.2 Å². The first-order chi connectivity index (χ1) is 12.1. The first kappa shape index (κ1) is 24.8. The molecular formula is C18H34O7S. The highest BCUT2D eigenvalue weighted by Gasteiger charge is 2.64. The third-order valence-corrected chi connectivity index (χ3v) is 6.78. The SMILES string of the molecule is CCCC(CCC)C(C(=O)O)C(C(=O)O)(C(CCC)CCC)S(=O)(=O)O. The standard InChI is InChI=1S/C18H34O7S/c1-5-9-13(10-6-2)15(16(19)20)18(17(21)22,26(23,24)25)14(11-7-3)12-8-4/h13-15H,5-12H2,1-4H3,(H,19,20)(H,21,22)(H,23,24,25). The number of carboxylic acids is 2. The number of hydrogen-bond donors (Lipinski definition) is 3. The van der Waals surface area contributed by atoms with E-state index in [9.17, 15) is 32.8 Å². The lowest BCUT2D eigenvalue weighted by Gasteiger charge is -2.41. The zero-order valence-electron chi connectivity index (χ0n) is 16.3. The van der Waals surface area contributed by atoms with Crippen molar-refractivity contribution in [1.29, 1.82) is 0 Å². The van der Waals surface area contributed by atoms with Crippen molar-refractivity contribution in [2.75, 3.05) is 0 Å². The van der Waals surface area contributed by atoms with Gasteiger partial charge in [0.05, 0.1) is 5.92 Å². The second-order valence-electron chi connectivity index (χ2n) is 7.00. The predicted octanol–water partition coefficient (Wildman–Crippen LogP) is 3.83. The average molecular weight is 395 g/mol. The third kappa shape index (κ3) is 5.19. The minimum Gasteiger partial charge on any atom is -0.481 e. The van der Waals surface area contributed by atoms with Crippen LogP contribution in [0.15, 0.2) is 0 Å². The van der Waals surface area contributed by atoms with Gasteiger partial charge in [0.25, 0.3) is 10.1 Å². The first-order valence-corrected chi connectivity index (χ1v) is 10.9. The van der Waals surface area contributed by atoms with Crippen molar-refractivity contribution in [3.8, 4) is 0 Å². The van der Waals surface area contributed by atoms with Gasteiger partial charge in [0, 0.05) is 0 Å². The summed E-state index contributed by atoms with van der Waals surface area (Å²) in [6.45, 7) is 7.25. The maximum Gasteiger partial charge on any atom is 0.328 e. The fourth-order valence-corrected chi connectivity index (χ4v) is 5.76. The van der Waals surface area contributed by atoms with Crippen LogP contribution in [0.5, 0.6) is 0 Å². The molecule has 0 amide bonds. The Morgan fingerprint density at radius 3 is 1.46 bits per heavy atom. The molecule has 8 heteroatoms. The van der Waals surface area contributed by atoms with E-state index in [1.807, 2.05) is 13.8 Å². The minimum absolute atomic E-state index is 0.217. The summed E-state index contributed by atoms with van der Waals surface area (Å²) in [4.78, 5) is 24.5. The summed E-state index contributed by atoms with van der Waals surface area (Å²) in [5, 5.41) is 19.9. The number of hydrogen-bond acceptors (Lipinski definition) is 4. The number of aliphatic carboxylic acids is 2. The van der Waals surface area contributed by atoms with Gasteiger partial charge in [0.1, 0.15) is 0 Å². The van der Waals surface area contributed by atoms with Gasteiger partial charge >= 0.3 is 11.9 Å². The molecule has 0 saturated heterocycles. The highest BCUT2D eigenvalue weighted by atomic mass is 32.2. The topological polar surface area (TPSA) is 129 Å². The van der Waals surface area contributed by atoms with E-state index in [-0.39, 0.29) is 12.8 Å². The van der Waals surface area contributed by atoms with Crippen LogP contribution in [-0.2, 0) is 19.7 Å². The molecule has 0 heterocycles. The van der Waals surface area contributed by atoms with Gasteiger partial charge in [0.15, 0.2) is 0 Å². The molecule has 0 aromatic carbocycles. The monoisotopic (exact) mass is 394 g/mol. The number of carbonyl (C=O) groups is 2. The molecule has 0 aromatic heterocycles. The molecule has 0 aromatic rings. The molecule has 0 spiro atoms. The smallest absolute Gasteiger partial charge is 0.328 e. The molecule has 2 unspecified atom stereocenters. The van der Waals surface area contributed by atoms with Crippen LogP contribution in [0.1, 0.15) is 79.1 Å². The average Bonchev–Trinajstić information content (AvgIpc) is 2.50. The summed E-state index contributed by atoms with van der Waals surface area (Å²) in [6.07, 6.45) is 3.40. The molecule has 3 N–H and O–H groups in total. The van der Waals surface area contributed by atoms with Crippen LogP contribution in [0.4, 0.5) is 0 Å². The van der Waals surface area contributed by atoms with E-state index in [1.54, 1.807) is 13.8 Å². The quantitative estimate of drug-likeness (QED) is 0.382. The second-order valence-corrected chi connectivity index (χ2v) is 8.63. The van der Waals surface area contributed by atoms with Crippen LogP contribution in [0.3, 0.4) is 0 Å². The molecule has 0 radical (unpaired) electrons. The van der Waals surface area contributed by atoms with Crippen LogP contribution >= 0.6 is 0 Å². The van der Waals surface area contributed by atoms with E-state index in [0.29, 0.717) is 38.5 Å². The van der Waals surface area contributed by atoms with Crippen molar-refractivity contribution in [1.82, 2.24) is 0 Å². The molecule has 26 heavy (non-hydrogen) atoms. The van der Waals surface area contributed by atoms with Crippen molar-refractivity contribution in [3.05, 3.63) is 0 Å². The normalized spacial score (nSPS) is 15.8. The van der Waals surface area contributed by atoms with Crippen LogP contribution in [-0.4, -0.2) is 39.9 Å². The maximum atomic E-state index is 12.5. The van der Waals surface area contributed by atoms with E-state index in [4.69, 9.17) is 0 Å². The Balaban J connectivity index is 6.81. The van der Waals surface area contributed by atoms with Crippen molar-refractivity contribution >= 4 is 22.1 Å². The fraction of sp³-hybridized carbons (Fsp3) is 0.889. The minimum atomic E-state index is -5.18. The zero-order chi connectivity index (χ0) is 20.5. The van der Waals surface area contributed by atoms with Crippen LogP contribution in [0, 0.1) is 17.8 Å². The lowest BCUT2D eigenvalue weighted by Crippen LogP contribution is -2.61. The molecule has 2 atom stereocenters. The van der Waals surface area contributed by atoms with Gasteiger partial charge in [-0.05, 0) is 37.5 Å². The Morgan fingerprint density at radius 2 is 1.23 bits per heavy atom. The lowest BCUT2D eigenvalue weighted by atomic mass is 9.69. The highest BCUT2D eigenvalue weighted by Crippen LogP contribution is 2.45. The van der Waals surface area contributed by atoms with Gasteiger partial charge in [-0.15, -0.1) is 0 Å². The van der Waals surface area contributed by atoms with E-state index in [0.717, 1.165) is 0 Å². The summed E-state index contributed by atoms with van der Waals surface area (Å²) in [7, 11) is -5.18. The van der Waals surface area contributed by atoms with Crippen molar-refractivity contribution in [2.24, 2.45) is 17.8 Å². The van der Waals surface area contributed by atoms with Gasteiger partial charge in [0.2, 0.25) is 4.75 Å². The zero-order valence-corrected chi connectivity index (χ0v) is 17.1. The van der Waals surface area contributed by atoms with E-state index in [1.165, 1.54) is 0 Å². The van der Waals surface area contributed by atoms with Crippen molar-refractivity contribution in [3.63, 3.8) is 0 Å². The van der Waals surface area contributed by atoms with Gasteiger partial charge in [-0.3, -0.25) is 14.1 Å². The van der Waals surface area contributed by atoms with E-state index < -0.39 is 44.6 Å². The highest BCUT2D eigenvalue weighted by molar-refractivity contribution is 7.88. The molecule has 7 nitrogen and oxygen atoms in total. The van der Waals surface area contributed by atoms with Crippen molar-refractivity contribution in [2.45, 2.75) is 83.8 Å². The fourth-order valence-electron chi connectivity index (χ4n) is 4.27. The Labute approximate surface area is 156 Å². The van der Waals surface area contributed by atoms with Crippen LogP contribution < -0.4 is 0 Å². The maximum absolute atomic E-state index is 12.5. The largest absolute Gasteiger partial charge is 0.481 e. The van der Waals surface area contributed by atoms with Crippen LogP contribution in [0.25, 0.3) is 0 Å². The van der Waals surface area contributed by atoms with Gasteiger partial charge in [-0.1, -0.05) is 53.4 Å². The molecule has 0 aliphatic heterocycles. The summed E-state index contributed by atoms with van der Waals surface area (Å²) >= 11 is 0. The molecular weight excluding hydrogens is 360 g/mol. The Hall–Kier alpha value is -1.15. The Kier molecular flexibility index (Phi) is 10.4. The molecule has 0 fully saturated rings. The molecule has 0 bridgehead atoms. The number of rotatable bonds is 14. The van der Waals surface area contributed by atoms with Crippen molar-refractivity contribution < 1.29 is 32.8 Å². The predicted molar refractivity (Wildman–Crippen MR) is 99.7 cm³/mol. The molecule has 0 aliphatic carbocycles.